The first-order valence-electron chi connectivity index (χ1n) is 7.95. The maximum absolute atomic E-state index is 12.9. The molecule has 3 heterocycles. The van der Waals surface area contributed by atoms with Gasteiger partial charge in [0.25, 0.3) is 0 Å². The van der Waals surface area contributed by atoms with Gasteiger partial charge in [-0.1, -0.05) is 11.1 Å². The minimum atomic E-state index is -4.47. The zero-order valence-electron chi connectivity index (χ0n) is 13.6. The maximum Gasteiger partial charge on any atom is 0.431 e. The summed E-state index contributed by atoms with van der Waals surface area (Å²) in [5, 5.41) is 0.261. The number of nitrogen functional groups attached to an aromatic ring is 1. The molecule has 0 fully saturated rings. The van der Waals surface area contributed by atoms with E-state index in [2.05, 4.69) is 14.9 Å². The van der Waals surface area contributed by atoms with Crippen LogP contribution in [0.15, 0.2) is 30.6 Å². The summed E-state index contributed by atoms with van der Waals surface area (Å²) in [5.41, 5.74) is 8.56. The molecule has 1 aliphatic heterocycles. The summed E-state index contributed by atoms with van der Waals surface area (Å²) in [6, 6.07) is 6.89. The molecule has 5 nitrogen and oxygen atoms in total. The van der Waals surface area contributed by atoms with Gasteiger partial charge in [0.1, 0.15) is 16.8 Å². The fourth-order valence-corrected chi connectivity index (χ4v) is 3.41. The smallest absolute Gasteiger partial charge is 0.374 e. The minimum Gasteiger partial charge on any atom is -0.374 e. The number of anilines is 2. The van der Waals surface area contributed by atoms with E-state index in [0.29, 0.717) is 0 Å². The van der Waals surface area contributed by atoms with E-state index in [0.717, 1.165) is 42.4 Å². The fraction of sp³-hybridized carbons (Fsp3) is 0.294. The number of hydrogen-bond donors (Lipinski definition) is 2. The molecule has 130 valence electrons. The van der Waals surface area contributed by atoms with Gasteiger partial charge in [0.15, 0.2) is 0 Å². The molecular weight excluding hydrogens is 331 g/mol. The first-order chi connectivity index (χ1) is 11.9. The van der Waals surface area contributed by atoms with E-state index in [1.165, 1.54) is 6.33 Å². The molecule has 0 aliphatic carbocycles. The Bertz CT molecular complexity index is 961. The van der Waals surface area contributed by atoms with Crippen molar-refractivity contribution in [3.63, 3.8) is 0 Å². The Morgan fingerprint density at radius 2 is 2.12 bits per heavy atom. The number of hydrogen-bond acceptors (Lipinski definition) is 3. The van der Waals surface area contributed by atoms with Crippen molar-refractivity contribution in [3.8, 4) is 5.69 Å². The van der Waals surface area contributed by atoms with E-state index in [4.69, 9.17) is 5.73 Å². The zero-order chi connectivity index (χ0) is 17.8. The summed E-state index contributed by atoms with van der Waals surface area (Å²) in [7, 11) is 2.03. The van der Waals surface area contributed by atoms with Crippen LogP contribution in [0.25, 0.3) is 16.7 Å². The summed E-state index contributed by atoms with van der Waals surface area (Å²) in [6.45, 7) is 0.973. The fourth-order valence-electron chi connectivity index (χ4n) is 3.41. The van der Waals surface area contributed by atoms with Crippen LogP contribution in [-0.2, 0) is 12.6 Å². The van der Waals surface area contributed by atoms with Gasteiger partial charge in [-0.15, -0.1) is 0 Å². The van der Waals surface area contributed by atoms with Gasteiger partial charge in [-0.05, 0) is 31.0 Å². The third-order valence-electron chi connectivity index (χ3n) is 4.66. The molecule has 0 saturated carbocycles. The van der Waals surface area contributed by atoms with Crippen LogP contribution in [0.1, 0.15) is 17.7 Å². The minimum absolute atomic E-state index is 0.128. The van der Waals surface area contributed by atoms with Gasteiger partial charge in [-0.3, -0.25) is 0 Å². The quantitative estimate of drug-likeness (QED) is 0.665. The number of aromatic nitrogens is 3. The number of fused-ring (bicyclic) bond motifs is 2. The Morgan fingerprint density at radius 3 is 2.88 bits per heavy atom. The van der Waals surface area contributed by atoms with Crippen molar-refractivity contribution < 1.29 is 17.7 Å². The first kappa shape index (κ1) is 15.7. The summed E-state index contributed by atoms with van der Waals surface area (Å²) in [6.07, 6.45) is -1.09. The Kier molecular flexibility index (Phi) is 3.38. The van der Waals surface area contributed by atoms with Crippen molar-refractivity contribution in [2.75, 3.05) is 24.2 Å². The molecular formula is C17H17F3N5+. The second-order valence-corrected chi connectivity index (χ2v) is 6.24. The van der Waals surface area contributed by atoms with E-state index in [1.54, 1.807) is 4.57 Å². The third kappa shape index (κ3) is 2.48. The van der Waals surface area contributed by atoms with Gasteiger partial charge in [-0.2, -0.15) is 13.2 Å². The topological polar surface area (TPSA) is 61.8 Å². The number of halogens is 3. The molecule has 0 unspecified atom stereocenters. The van der Waals surface area contributed by atoms with Gasteiger partial charge in [-0.25, -0.2) is 4.57 Å². The van der Waals surface area contributed by atoms with Crippen molar-refractivity contribution in [2.45, 2.75) is 19.0 Å². The van der Waals surface area contributed by atoms with Crippen LogP contribution < -0.4 is 15.2 Å². The van der Waals surface area contributed by atoms with Crippen LogP contribution in [0, 0.1) is 0 Å². The molecule has 8 heteroatoms. The summed E-state index contributed by atoms with van der Waals surface area (Å²) in [5.74, 6) is 0.235. The van der Waals surface area contributed by atoms with Crippen LogP contribution in [0.3, 0.4) is 0 Å². The molecule has 0 bridgehead atoms. The van der Waals surface area contributed by atoms with Gasteiger partial charge in [0.05, 0.1) is 0 Å². The Morgan fingerprint density at radius 1 is 1.32 bits per heavy atom. The Hall–Kier alpha value is -2.77. The van der Waals surface area contributed by atoms with Crippen molar-refractivity contribution in [1.29, 1.82) is 0 Å². The molecule has 1 aliphatic rings. The molecule has 0 saturated heterocycles. The molecule has 4 rings (SSSR count). The number of benzene rings is 1. The lowest BCUT2D eigenvalue weighted by atomic mass is 10.00. The number of alkyl halides is 3. The van der Waals surface area contributed by atoms with E-state index in [1.807, 2.05) is 25.2 Å². The maximum atomic E-state index is 12.9. The van der Waals surface area contributed by atoms with Crippen molar-refractivity contribution >= 4 is 22.5 Å². The molecule has 2 aromatic heterocycles. The highest BCUT2D eigenvalue weighted by molar-refractivity contribution is 5.85. The second kappa shape index (κ2) is 5.37. The third-order valence-corrected chi connectivity index (χ3v) is 4.66. The summed E-state index contributed by atoms with van der Waals surface area (Å²) >= 11 is 0. The predicted octanol–water partition coefficient (Wildman–Crippen LogP) is 2.82. The molecule has 0 radical (unpaired) electrons. The average molecular weight is 348 g/mol. The highest BCUT2D eigenvalue weighted by Gasteiger charge is 2.34. The monoisotopic (exact) mass is 348 g/mol. The molecule has 25 heavy (non-hydrogen) atoms. The summed E-state index contributed by atoms with van der Waals surface area (Å²) in [4.78, 5) is 8.59. The van der Waals surface area contributed by atoms with Crippen LogP contribution >= 0.6 is 0 Å². The molecule has 3 N–H and O–H groups in total. The SMILES string of the molecule is CN1CCCc2c1cccc2-[n+]1cnc2[nH]c(C(F)(F)F)cc2c1N. The molecule has 0 atom stereocenters. The predicted molar refractivity (Wildman–Crippen MR) is 88.6 cm³/mol. The highest BCUT2D eigenvalue weighted by atomic mass is 19.4. The van der Waals surface area contributed by atoms with E-state index < -0.39 is 11.9 Å². The van der Waals surface area contributed by atoms with Crippen molar-refractivity contribution in [1.82, 2.24) is 9.97 Å². The van der Waals surface area contributed by atoms with Crippen LogP contribution in [0.4, 0.5) is 24.7 Å². The lowest BCUT2D eigenvalue weighted by Gasteiger charge is -2.28. The molecule has 3 aromatic rings. The standard InChI is InChI=1S/C17H16F3N5/c1-24-7-3-4-10-12(24)5-2-6-13(10)25-9-22-16-11(15(25)21)8-14(23-16)17(18,19)20/h2,5-6,8-9H,3-4,7H2,1H3,(H2,21,23)/p+1. The molecule has 1 aromatic carbocycles. The van der Waals surface area contributed by atoms with Gasteiger partial charge < -0.3 is 15.6 Å². The van der Waals surface area contributed by atoms with Gasteiger partial charge in [0.2, 0.25) is 17.8 Å². The van der Waals surface area contributed by atoms with E-state index in [9.17, 15) is 13.2 Å². The van der Waals surface area contributed by atoms with Gasteiger partial charge in [0, 0.05) is 24.8 Å². The highest BCUT2D eigenvalue weighted by Crippen LogP contribution is 2.33. The van der Waals surface area contributed by atoms with Crippen LogP contribution in [-0.4, -0.2) is 23.6 Å². The largest absolute Gasteiger partial charge is 0.431 e. The lowest BCUT2D eigenvalue weighted by molar-refractivity contribution is -0.582. The Labute approximate surface area is 141 Å². The number of nitrogens with one attached hydrogen (secondary N) is 1. The number of H-pyrrole nitrogens is 1. The zero-order valence-corrected chi connectivity index (χ0v) is 13.6. The first-order valence-corrected chi connectivity index (χ1v) is 7.95. The van der Waals surface area contributed by atoms with E-state index in [-0.39, 0.29) is 16.9 Å². The van der Waals surface area contributed by atoms with Crippen LogP contribution in [0.5, 0.6) is 0 Å². The number of nitrogens with zero attached hydrogens (tertiary/aromatic N) is 3. The average Bonchev–Trinajstić information content (AvgIpc) is 3.01. The number of nitrogens with two attached hydrogens (primary N) is 1. The molecule has 0 spiro atoms. The van der Waals surface area contributed by atoms with Crippen LogP contribution in [0.2, 0.25) is 0 Å². The number of aromatic amines is 1. The lowest BCUT2D eigenvalue weighted by Crippen LogP contribution is -2.37. The Balaban J connectivity index is 1.91. The molecule has 0 amide bonds. The van der Waals surface area contributed by atoms with Crippen molar-refractivity contribution in [3.05, 3.63) is 41.9 Å². The second-order valence-electron chi connectivity index (χ2n) is 6.24. The number of rotatable bonds is 1. The van der Waals surface area contributed by atoms with E-state index >= 15 is 0 Å². The summed E-state index contributed by atoms with van der Waals surface area (Å²) < 4.78 is 40.5. The normalized spacial score (nSPS) is 14.8. The van der Waals surface area contributed by atoms with Gasteiger partial charge >= 0.3 is 6.18 Å². The van der Waals surface area contributed by atoms with Crippen molar-refractivity contribution in [2.24, 2.45) is 0 Å².